The van der Waals surface area contributed by atoms with E-state index in [4.69, 9.17) is 35.1 Å². The maximum absolute atomic E-state index is 9.83. The lowest BCUT2D eigenvalue weighted by Crippen LogP contribution is -2.38. The monoisotopic (exact) mass is 314 g/mol. The van der Waals surface area contributed by atoms with Crippen LogP contribution < -0.4 is 0 Å². The Balaban J connectivity index is 2.78. The molecule has 1 aliphatic heterocycles. The molecule has 0 aromatic rings. The summed E-state index contributed by atoms with van der Waals surface area (Å²) in [7, 11) is 2.91. The van der Waals surface area contributed by atoms with Crippen molar-refractivity contribution in [2.75, 3.05) is 27.4 Å². The van der Waals surface area contributed by atoms with Crippen LogP contribution in [0, 0.1) is 0 Å². The van der Waals surface area contributed by atoms with E-state index in [9.17, 15) is 4.89 Å². The highest BCUT2D eigenvalue weighted by Crippen LogP contribution is 2.47. The van der Waals surface area contributed by atoms with Gasteiger partial charge in [-0.25, -0.2) is 0 Å². The Hall–Kier alpha value is 0.410. The highest BCUT2D eigenvalue weighted by atomic mass is 32.5. The van der Waals surface area contributed by atoms with Gasteiger partial charge in [-0.15, -0.1) is 0 Å². The van der Waals surface area contributed by atoms with Gasteiger partial charge < -0.3 is 23.6 Å². The largest absolute Gasteiger partial charge is 0.382 e. The summed E-state index contributed by atoms with van der Waals surface area (Å²) < 4.78 is 26.9. The molecule has 0 amide bonds. The third-order valence-corrected chi connectivity index (χ3v) is 4.55. The van der Waals surface area contributed by atoms with Crippen molar-refractivity contribution in [1.82, 2.24) is 0 Å². The van der Waals surface area contributed by atoms with Crippen LogP contribution in [0.1, 0.15) is 20.3 Å². The van der Waals surface area contributed by atoms with Gasteiger partial charge >= 0.3 is 6.72 Å². The maximum atomic E-state index is 9.83. The van der Waals surface area contributed by atoms with Gasteiger partial charge in [0, 0.05) is 20.8 Å². The van der Waals surface area contributed by atoms with Gasteiger partial charge in [0.05, 0.1) is 12.7 Å². The SMILES string of the molecule is CCCO[C@@H]1[C@H](OP(O)(=S)OC)[C@@H](COC)O[C@H]1C. The van der Waals surface area contributed by atoms with Crippen molar-refractivity contribution in [2.24, 2.45) is 0 Å². The van der Waals surface area contributed by atoms with E-state index in [0.29, 0.717) is 13.2 Å². The average Bonchev–Trinajstić information content (AvgIpc) is 2.63. The quantitative estimate of drug-likeness (QED) is 0.680. The molecule has 1 saturated heterocycles. The molecule has 19 heavy (non-hydrogen) atoms. The third-order valence-electron chi connectivity index (χ3n) is 2.87. The van der Waals surface area contributed by atoms with E-state index in [1.54, 1.807) is 7.11 Å². The molecule has 0 bridgehead atoms. The number of hydrogen-bond donors (Lipinski definition) is 1. The molecule has 5 atom stereocenters. The van der Waals surface area contributed by atoms with Gasteiger partial charge in [0.1, 0.15) is 18.3 Å². The molecule has 8 heteroatoms. The summed E-state index contributed by atoms with van der Waals surface area (Å²) in [6.45, 7) is 1.61. The number of hydrogen-bond acceptors (Lipinski definition) is 6. The summed E-state index contributed by atoms with van der Waals surface area (Å²) >= 11 is 4.89. The molecule has 0 spiro atoms. The molecular formula is C11H23O6PS. The molecule has 0 aromatic heterocycles. The molecule has 1 aliphatic rings. The minimum Gasteiger partial charge on any atom is -0.382 e. The van der Waals surface area contributed by atoms with E-state index in [1.165, 1.54) is 7.11 Å². The molecular weight excluding hydrogens is 291 g/mol. The summed E-state index contributed by atoms with van der Waals surface area (Å²) in [4.78, 5) is 9.83. The fourth-order valence-electron chi connectivity index (χ4n) is 2.02. The Morgan fingerprint density at radius 1 is 1.32 bits per heavy atom. The lowest BCUT2D eigenvalue weighted by Gasteiger charge is -2.26. The van der Waals surface area contributed by atoms with Crippen molar-refractivity contribution in [1.29, 1.82) is 0 Å². The Bertz CT molecular complexity index is 316. The lowest BCUT2D eigenvalue weighted by molar-refractivity contribution is -0.0283. The predicted octanol–water partition coefficient (Wildman–Crippen LogP) is 1.46. The summed E-state index contributed by atoms with van der Waals surface area (Å²) in [6, 6.07) is 0. The summed E-state index contributed by atoms with van der Waals surface area (Å²) in [6.07, 6.45) is -0.361. The number of methoxy groups -OCH3 is 1. The van der Waals surface area contributed by atoms with Gasteiger partial charge in [-0.2, -0.15) is 0 Å². The normalized spacial score (nSPS) is 34.4. The molecule has 1 heterocycles. The molecule has 0 saturated carbocycles. The highest BCUT2D eigenvalue weighted by molar-refractivity contribution is 8.07. The molecule has 0 aliphatic carbocycles. The zero-order chi connectivity index (χ0) is 14.5. The molecule has 1 unspecified atom stereocenters. The van der Waals surface area contributed by atoms with Crippen molar-refractivity contribution < 1.29 is 28.2 Å². The van der Waals surface area contributed by atoms with Gasteiger partial charge in [0.2, 0.25) is 0 Å². The van der Waals surface area contributed by atoms with E-state index >= 15 is 0 Å². The van der Waals surface area contributed by atoms with Crippen LogP contribution >= 0.6 is 6.72 Å². The molecule has 6 nitrogen and oxygen atoms in total. The Morgan fingerprint density at radius 2 is 2.00 bits per heavy atom. The second-order valence-electron chi connectivity index (χ2n) is 4.39. The van der Waals surface area contributed by atoms with Gasteiger partial charge in [0.25, 0.3) is 0 Å². The van der Waals surface area contributed by atoms with Crippen molar-refractivity contribution in [2.45, 2.75) is 44.7 Å². The first-order valence-corrected chi connectivity index (χ1v) is 8.87. The van der Waals surface area contributed by atoms with Crippen LogP contribution in [0.15, 0.2) is 0 Å². The van der Waals surface area contributed by atoms with E-state index in [-0.39, 0.29) is 18.3 Å². The van der Waals surface area contributed by atoms with Crippen molar-refractivity contribution in [3.8, 4) is 0 Å². The second-order valence-corrected chi connectivity index (χ2v) is 7.29. The van der Waals surface area contributed by atoms with E-state index < -0.39 is 12.8 Å². The lowest BCUT2D eigenvalue weighted by atomic mass is 10.1. The Morgan fingerprint density at radius 3 is 2.53 bits per heavy atom. The Kier molecular flexibility index (Phi) is 7.35. The van der Waals surface area contributed by atoms with Crippen LogP contribution in [0.5, 0.6) is 0 Å². The first kappa shape index (κ1) is 17.5. The first-order chi connectivity index (χ1) is 8.95. The van der Waals surface area contributed by atoms with Crippen LogP contribution in [0.2, 0.25) is 0 Å². The van der Waals surface area contributed by atoms with Crippen molar-refractivity contribution >= 4 is 18.5 Å². The molecule has 1 fully saturated rings. The van der Waals surface area contributed by atoms with E-state index in [1.807, 2.05) is 13.8 Å². The summed E-state index contributed by atoms with van der Waals surface area (Å²) in [5.74, 6) is 0. The van der Waals surface area contributed by atoms with E-state index in [2.05, 4.69) is 0 Å². The van der Waals surface area contributed by atoms with Crippen LogP contribution in [0.25, 0.3) is 0 Å². The van der Waals surface area contributed by atoms with E-state index in [0.717, 1.165) is 6.42 Å². The molecule has 0 aromatic carbocycles. The smallest absolute Gasteiger partial charge is 0.324 e. The topological polar surface area (TPSA) is 66.4 Å². The standard InChI is InChI=1S/C11H23O6PS/c1-5-6-15-10-8(2)16-9(7-13-3)11(10)17-18(12,19)14-4/h8-11H,5-7H2,1-4H3,(H,12,19)/t8-,9+,10-,11+,18?/m0/s1. The van der Waals surface area contributed by atoms with Gasteiger partial charge in [0.15, 0.2) is 0 Å². The maximum Gasteiger partial charge on any atom is 0.324 e. The summed E-state index contributed by atoms with van der Waals surface area (Å²) in [5, 5.41) is 0. The zero-order valence-electron chi connectivity index (χ0n) is 11.8. The van der Waals surface area contributed by atoms with Crippen LogP contribution in [-0.2, 0) is 35.1 Å². The van der Waals surface area contributed by atoms with Crippen molar-refractivity contribution in [3.05, 3.63) is 0 Å². The third kappa shape index (κ3) is 5.02. The summed E-state index contributed by atoms with van der Waals surface area (Å²) in [5.41, 5.74) is 0. The Labute approximate surface area is 119 Å². The number of rotatable bonds is 8. The van der Waals surface area contributed by atoms with Crippen LogP contribution in [-0.4, -0.2) is 56.7 Å². The number of ether oxygens (including phenoxy) is 3. The molecule has 0 radical (unpaired) electrons. The van der Waals surface area contributed by atoms with Crippen LogP contribution in [0.4, 0.5) is 0 Å². The minimum absolute atomic E-state index is 0.149. The second kappa shape index (κ2) is 8.00. The molecule has 1 N–H and O–H groups in total. The molecule has 114 valence electrons. The fourth-order valence-corrected chi connectivity index (χ4v) is 2.96. The van der Waals surface area contributed by atoms with Gasteiger partial charge in [-0.05, 0) is 25.2 Å². The fraction of sp³-hybridized carbons (Fsp3) is 1.00. The average molecular weight is 314 g/mol. The minimum atomic E-state index is -3.26. The van der Waals surface area contributed by atoms with Gasteiger partial charge in [-0.3, -0.25) is 4.52 Å². The first-order valence-electron chi connectivity index (χ1n) is 6.28. The predicted molar refractivity (Wildman–Crippen MR) is 74.6 cm³/mol. The highest BCUT2D eigenvalue weighted by Gasteiger charge is 2.46. The molecule has 1 rings (SSSR count). The van der Waals surface area contributed by atoms with Crippen LogP contribution in [0.3, 0.4) is 0 Å². The van der Waals surface area contributed by atoms with Crippen molar-refractivity contribution in [3.63, 3.8) is 0 Å². The zero-order valence-corrected chi connectivity index (χ0v) is 13.5. The van der Waals surface area contributed by atoms with Gasteiger partial charge in [-0.1, -0.05) is 6.92 Å².